The zero-order chi connectivity index (χ0) is 27.6. The van der Waals surface area contributed by atoms with Gasteiger partial charge in [0.25, 0.3) is 0 Å². The fourth-order valence-corrected chi connectivity index (χ4v) is 4.76. The van der Waals surface area contributed by atoms with Crippen molar-refractivity contribution in [2.45, 2.75) is 125 Å². The molecule has 0 bridgehead atoms. The van der Waals surface area contributed by atoms with Crippen LogP contribution in [0.2, 0.25) is 0 Å². The molecule has 15 unspecified atom stereocenters. The van der Waals surface area contributed by atoms with Gasteiger partial charge in [-0.3, -0.25) is 0 Å². The Morgan fingerprint density at radius 1 is 0.541 bits per heavy atom. The Morgan fingerprint density at radius 2 is 1.00 bits per heavy atom. The number of aliphatic hydroxyl groups excluding tert-OH is 10. The molecular weight excluding hydrogens is 504 g/mol. The molecule has 3 saturated heterocycles. The van der Waals surface area contributed by atoms with Gasteiger partial charge in [-0.25, -0.2) is 0 Å². The summed E-state index contributed by atoms with van der Waals surface area (Å²) in [5, 5.41) is 101. The lowest BCUT2D eigenvalue weighted by Gasteiger charge is -2.47. The van der Waals surface area contributed by atoms with Crippen molar-refractivity contribution in [3.8, 4) is 0 Å². The number of rotatable bonds is 9. The van der Waals surface area contributed by atoms with Crippen LogP contribution in [-0.4, -0.2) is 162 Å². The van der Waals surface area contributed by atoms with Crippen molar-refractivity contribution < 1.29 is 74.7 Å². The van der Waals surface area contributed by atoms with E-state index in [1.54, 1.807) is 13.8 Å². The highest BCUT2D eigenvalue weighted by molar-refractivity contribution is 4.96. The van der Waals surface area contributed by atoms with Crippen molar-refractivity contribution in [1.29, 1.82) is 0 Å². The molecule has 218 valence electrons. The first kappa shape index (κ1) is 30.9. The molecular formula is C22H40O15. The first-order valence-corrected chi connectivity index (χ1v) is 12.3. The molecule has 0 amide bonds. The van der Waals surface area contributed by atoms with Crippen molar-refractivity contribution in [1.82, 2.24) is 0 Å². The van der Waals surface area contributed by atoms with Crippen LogP contribution in [0.15, 0.2) is 0 Å². The van der Waals surface area contributed by atoms with Crippen LogP contribution in [0.25, 0.3) is 0 Å². The molecule has 0 aromatic heterocycles. The summed E-state index contributed by atoms with van der Waals surface area (Å²) < 4.78 is 27.8. The highest BCUT2D eigenvalue weighted by Crippen LogP contribution is 2.33. The fraction of sp³-hybridized carbons (Fsp3) is 1.00. The topological polar surface area (TPSA) is 248 Å². The Kier molecular flexibility index (Phi) is 11.0. The second-order valence-corrected chi connectivity index (χ2v) is 9.95. The fourth-order valence-electron chi connectivity index (χ4n) is 4.76. The first-order chi connectivity index (χ1) is 17.4. The smallest absolute Gasteiger partial charge is 0.187 e. The van der Waals surface area contributed by atoms with Gasteiger partial charge in [-0.05, 0) is 26.7 Å². The molecule has 0 spiro atoms. The summed E-state index contributed by atoms with van der Waals surface area (Å²) in [5.41, 5.74) is 0. The number of aliphatic hydroxyl groups is 10. The van der Waals surface area contributed by atoms with Gasteiger partial charge in [-0.1, -0.05) is 0 Å². The lowest BCUT2D eigenvalue weighted by molar-refractivity contribution is -0.361. The number of hydrogen-bond acceptors (Lipinski definition) is 15. The molecule has 3 heterocycles. The van der Waals surface area contributed by atoms with Gasteiger partial charge in [0, 0.05) is 0 Å². The minimum atomic E-state index is -1.78. The maximum Gasteiger partial charge on any atom is 0.187 e. The molecule has 37 heavy (non-hydrogen) atoms. The van der Waals surface area contributed by atoms with Crippen LogP contribution in [0.5, 0.6) is 0 Å². The summed E-state index contributed by atoms with van der Waals surface area (Å²) >= 11 is 0. The van der Waals surface area contributed by atoms with Gasteiger partial charge in [0.1, 0.15) is 67.1 Å². The molecule has 15 heteroatoms. The summed E-state index contributed by atoms with van der Waals surface area (Å²) in [5.74, 6) is 0. The van der Waals surface area contributed by atoms with E-state index in [9.17, 15) is 51.1 Å². The Balaban J connectivity index is 1.74. The third-order valence-corrected chi connectivity index (χ3v) is 6.91. The second-order valence-electron chi connectivity index (χ2n) is 9.95. The van der Waals surface area contributed by atoms with Gasteiger partial charge in [-0.2, -0.15) is 0 Å². The van der Waals surface area contributed by atoms with Crippen molar-refractivity contribution in [3.63, 3.8) is 0 Å². The van der Waals surface area contributed by atoms with Gasteiger partial charge in [-0.15, -0.1) is 0 Å². The minimum Gasteiger partial charge on any atom is -0.394 e. The molecule has 0 aromatic rings. The van der Waals surface area contributed by atoms with Crippen molar-refractivity contribution in [2.24, 2.45) is 0 Å². The third-order valence-electron chi connectivity index (χ3n) is 6.91. The highest BCUT2D eigenvalue weighted by atomic mass is 16.7. The van der Waals surface area contributed by atoms with E-state index in [1.165, 1.54) is 0 Å². The summed E-state index contributed by atoms with van der Waals surface area (Å²) in [7, 11) is 0. The van der Waals surface area contributed by atoms with Crippen LogP contribution in [0.3, 0.4) is 0 Å². The molecule has 10 N–H and O–H groups in total. The van der Waals surface area contributed by atoms with E-state index >= 15 is 0 Å². The average Bonchev–Trinajstić information content (AvgIpc) is 2.86. The summed E-state index contributed by atoms with van der Waals surface area (Å²) in [4.78, 5) is 0. The monoisotopic (exact) mass is 544 g/mol. The van der Waals surface area contributed by atoms with Gasteiger partial charge < -0.3 is 74.7 Å². The minimum absolute atomic E-state index is 0.0135. The molecule has 0 saturated carbocycles. The highest BCUT2D eigenvalue weighted by Gasteiger charge is 2.51. The largest absolute Gasteiger partial charge is 0.394 e. The van der Waals surface area contributed by atoms with Gasteiger partial charge in [0.15, 0.2) is 12.6 Å². The molecule has 0 aromatic carbocycles. The Bertz CT molecular complexity index is 695. The van der Waals surface area contributed by atoms with Crippen LogP contribution >= 0.6 is 0 Å². The standard InChI is InChI=1S/C22H40O15/c1-7(2)33-22-19(32)20(37-21-18(31)17(30)14(27)11(6-24)36-21)15(28)9(35-22)4-3-8-12(25)16(29)13(26)10(5-23)34-8/h7-32H,3-6H2,1-2H3. The van der Waals surface area contributed by atoms with E-state index in [4.69, 9.17) is 23.7 Å². The predicted octanol–water partition coefficient (Wildman–Crippen LogP) is -5.33. The number of ether oxygens (including phenoxy) is 5. The van der Waals surface area contributed by atoms with Crippen LogP contribution in [0.4, 0.5) is 0 Å². The molecule has 0 radical (unpaired) electrons. The van der Waals surface area contributed by atoms with Gasteiger partial charge >= 0.3 is 0 Å². The van der Waals surface area contributed by atoms with E-state index < -0.39 is 111 Å². The van der Waals surface area contributed by atoms with Crippen LogP contribution in [-0.2, 0) is 23.7 Å². The average molecular weight is 545 g/mol. The van der Waals surface area contributed by atoms with E-state index in [0.717, 1.165) is 0 Å². The van der Waals surface area contributed by atoms with Crippen molar-refractivity contribution in [3.05, 3.63) is 0 Å². The second kappa shape index (κ2) is 13.2. The Hall–Kier alpha value is -0.600. The van der Waals surface area contributed by atoms with Crippen LogP contribution < -0.4 is 0 Å². The summed E-state index contributed by atoms with van der Waals surface area (Å²) in [6.07, 6.45) is -22.3. The molecule has 15 atom stereocenters. The predicted molar refractivity (Wildman–Crippen MR) is 119 cm³/mol. The Labute approximate surface area is 213 Å². The zero-order valence-corrected chi connectivity index (χ0v) is 20.6. The molecule has 3 aliphatic heterocycles. The molecule has 3 fully saturated rings. The zero-order valence-electron chi connectivity index (χ0n) is 20.6. The van der Waals surface area contributed by atoms with E-state index in [2.05, 4.69) is 0 Å². The Morgan fingerprint density at radius 3 is 1.54 bits per heavy atom. The maximum absolute atomic E-state index is 11.0. The lowest BCUT2D eigenvalue weighted by Crippen LogP contribution is -2.64. The molecule has 15 nitrogen and oxygen atoms in total. The van der Waals surface area contributed by atoms with Gasteiger partial charge in [0.2, 0.25) is 0 Å². The van der Waals surface area contributed by atoms with Crippen molar-refractivity contribution in [2.75, 3.05) is 13.2 Å². The molecule has 3 aliphatic rings. The van der Waals surface area contributed by atoms with Crippen molar-refractivity contribution >= 4 is 0 Å². The summed E-state index contributed by atoms with van der Waals surface area (Å²) in [6, 6.07) is 0. The SMILES string of the molecule is CC(C)OC1OC(CCC2OC(CO)C(O)C(O)C2O)C(O)C(OC2OC(CO)C(O)C(O)C2O)C1O. The molecule has 0 aliphatic carbocycles. The van der Waals surface area contributed by atoms with E-state index in [1.807, 2.05) is 0 Å². The molecule has 3 rings (SSSR count). The normalized spacial score (nSPS) is 49.4. The lowest BCUT2D eigenvalue weighted by atomic mass is 9.89. The van der Waals surface area contributed by atoms with E-state index in [-0.39, 0.29) is 12.8 Å². The quantitative estimate of drug-likeness (QED) is 0.130. The van der Waals surface area contributed by atoms with E-state index in [0.29, 0.717) is 0 Å². The van der Waals surface area contributed by atoms with Gasteiger partial charge in [0.05, 0.1) is 31.5 Å². The third kappa shape index (κ3) is 6.77. The number of hydrogen-bond donors (Lipinski definition) is 10. The summed E-state index contributed by atoms with van der Waals surface area (Å²) in [6.45, 7) is 2.05. The van der Waals surface area contributed by atoms with Crippen LogP contribution in [0, 0.1) is 0 Å². The van der Waals surface area contributed by atoms with Crippen LogP contribution in [0.1, 0.15) is 26.7 Å². The first-order valence-electron chi connectivity index (χ1n) is 12.3. The maximum atomic E-state index is 11.0.